The normalized spacial score (nSPS) is 18.7. The average molecular weight is 408 g/mol. The number of anilines is 1. The second kappa shape index (κ2) is 8.78. The average Bonchev–Trinajstić information content (AvgIpc) is 3.02. The zero-order valence-corrected chi connectivity index (χ0v) is 17.6. The van der Waals surface area contributed by atoms with Gasteiger partial charge in [0.1, 0.15) is 11.5 Å². The standard InChI is InChI=1S/C24H28N2O4/c1-3-30-22-9-5-4-8-21(22)26-16-19(14-23(26)27)24(28)25-12-6-7-17-13-20(29-2)11-10-18(17)15-25/h4-5,8-11,13,19H,3,6-7,12,14-16H2,1-2H3. The number of fused-ring (bicyclic) bond motifs is 1. The van der Waals surface area contributed by atoms with Gasteiger partial charge in [0.2, 0.25) is 11.8 Å². The van der Waals surface area contributed by atoms with E-state index in [9.17, 15) is 9.59 Å². The lowest BCUT2D eigenvalue weighted by molar-refractivity contribution is -0.136. The minimum absolute atomic E-state index is 0.0274. The Morgan fingerprint density at radius 2 is 2.00 bits per heavy atom. The molecule has 30 heavy (non-hydrogen) atoms. The maximum atomic E-state index is 13.3. The van der Waals surface area contributed by atoms with Crippen LogP contribution in [0, 0.1) is 5.92 Å². The lowest BCUT2D eigenvalue weighted by Gasteiger charge is -2.25. The second-order valence-electron chi connectivity index (χ2n) is 7.80. The van der Waals surface area contributed by atoms with Crippen LogP contribution in [0.3, 0.4) is 0 Å². The molecule has 0 aliphatic carbocycles. The Labute approximate surface area is 177 Å². The molecule has 0 aromatic heterocycles. The van der Waals surface area contributed by atoms with Gasteiger partial charge in [-0.1, -0.05) is 18.2 Å². The SMILES string of the molecule is CCOc1ccccc1N1CC(C(=O)N2CCCc3cc(OC)ccc3C2)CC1=O. The van der Waals surface area contributed by atoms with Crippen molar-refractivity contribution >= 4 is 17.5 Å². The molecule has 2 aromatic carbocycles. The molecular weight excluding hydrogens is 380 g/mol. The fraction of sp³-hybridized carbons (Fsp3) is 0.417. The molecule has 0 bridgehead atoms. The summed E-state index contributed by atoms with van der Waals surface area (Å²) in [4.78, 5) is 29.7. The van der Waals surface area contributed by atoms with Crippen LogP contribution in [0.4, 0.5) is 5.69 Å². The summed E-state index contributed by atoms with van der Waals surface area (Å²) in [6, 6.07) is 13.6. The predicted molar refractivity (Wildman–Crippen MR) is 115 cm³/mol. The van der Waals surface area contributed by atoms with Crippen LogP contribution >= 0.6 is 0 Å². The predicted octanol–water partition coefficient (Wildman–Crippen LogP) is 3.42. The highest BCUT2D eigenvalue weighted by Gasteiger charge is 2.38. The first-order valence-electron chi connectivity index (χ1n) is 10.6. The summed E-state index contributed by atoms with van der Waals surface area (Å²) in [5.74, 6) is 1.23. The monoisotopic (exact) mass is 408 g/mol. The molecule has 1 fully saturated rings. The summed E-state index contributed by atoms with van der Waals surface area (Å²) in [5.41, 5.74) is 3.14. The number of aryl methyl sites for hydroxylation is 1. The number of para-hydroxylation sites is 2. The third-order valence-corrected chi connectivity index (χ3v) is 5.89. The van der Waals surface area contributed by atoms with Gasteiger partial charge in [-0.05, 0) is 55.2 Å². The van der Waals surface area contributed by atoms with E-state index in [-0.39, 0.29) is 24.2 Å². The Bertz CT molecular complexity index is 943. The lowest BCUT2D eigenvalue weighted by Crippen LogP contribution is -2.37. The smallest absolute Gasteiger partial charge is 0.228 e. The number of carbonyl (C=O) groups is 2. The minimum Gasteiger partial charge on any atom is -0.497 e. The lowest BCUT2D eigenvalue weighted by atomic mass is 10.0. The van der Waals surface area contributed by atoms with Gasteiger partial charge in [-0.3, -0.25) is 9.59 Å². The third-order valence-electron chi connectivity index (χ3n) is 5.89. The van der Waals surface area contributed by atoms with Crippen molar-refractivity contribution in [2.24, 2.45) is 5.92 Å². The summed E-state index contributed by atoms with van der Waals surface area (Å²) in [7, 11) is 1.67. The Balaban J connectivity index is 1.50. The summed E-state index contributed by atoms with van der Waals surface area (Å²) in [6.45, 7) is 4.13. The molecule has 4 rings (SSSR count). The first-order chi connectivity index (χ1) is 14.6. The molecule has 0 spiro atoms. The van der Waals surface area contributed by atoms with Gasteiger partial charge >= 0.3 is 0 Å². The van der Waals surface area contributed by atoms with E-state index in [4.69, 9.17) is 9.47 Å². The van der Waals surface area contributed by atoms with Crippen LogP contribution in [-0.4, -0.2) is 43.5 Å². The van der Waals surface area contributed by atoms with Crippen molar-refractivity contribution in [3.8, 4) is 11.5 Å². The number of carbonyl (C=O) groups excluding carboxylic acids is 2. The van der Waals surface area contributed by atoms with E-state index in [0.717, 1.165) is 29.8 Å². The van der Waals surface area contributed by atoms with Crippen molar-refractivity contribution in [1.29, 1.82) is 0 Å². The van der Waals surface area contributed by atoms with Crippen molar-refractivity contribution in [2.45, 2.75) is 32.7 Å². The van der Waals surface area contributed by atoms with Crippen LogP contribution in [0.1, 0.15) is 30.9 Å². The molecule has 0 saturated carbocycles. The van der Waals surface area contributed by atoms with Crippen molar-refractivity contribution in [3.05, 3.63) is 53.6 Å². The van der Waals surface area contributed by atoms with E-state index < -0.39 is 0 Å². The zero-order valence-electron chi connectivity index (χ0n) is 17.6. The largest absolute Gasteiger partial charge is 0.497 e. The fourth-order valence-electron chi connectivity index (χ4n) is 4.37. The Morgan fingerprint density at radius 3 is 2.80 bits per heavy atom. The van der Waals surface area contributed by atoms with Gasteiger partial charge in [0.25, 0.3) is 0 Å². The van der Waals surface area contributed by atoms with E-state index in [1.54, 1.807) is 12.0 Å². The van der Waals surface area contributed by atoms with Crippen LogP contribution in [0.25, 0.3) is 0 Å². The number of methoxy groups -OCH3 is 1. The van der Waals surface area contributed by atoms with Crippen molar-refractivity contribution in [2.75, 3.05) is 31.7 Å². The highest BCUT2D eigenvalue weighted by Crippen LogP contribution is 2.34. The molecule has 158 valence electrons. The Hall–Kier alpha value is -3.02. The van der Waals surface area contributed by atoms with Crippen molar-refractivity contribution in [1.82, 2.24) is 4.90 Å². The van der Waals surface area contributed by atoms with Crippen molar-refractivity contribution < 1.29 is 19.1 Å². The van der Waals surface area contributed by atoms with E-state index in [1.807, 2.05) is 48.2 Å². The van der Waals surface area contributed by atoms with E-state index in [1.165, 1.54) is 5.56 Å². The highest BCUT2D eigenvalue weighted by molar-refractivity contribution is 6.01. The maximum Gasteiger partial charge on any atom is 0.228 e. The molecule has 1 unspecified atom stereocenters. The number of nitrogens with zero attached hydrogens (tertiary/aromatic N) is 2. The third kappa shape index (κ3) is 3.99. The van der Waals surface area contributed by atoms with E-state index in [2.05, 4.69) is 6.07 Å². The molecule has 6 heteroatoms. The fourth-order valence-corrected chi connectivity index (χ4v) is 4.37. The Kier molecular flexibility index (Phi) is 5.93. The van der Waals surface area contributed by atoms with Crippen LogP contribution < -0.4 is 14.4 Å². The first kappa shape index (κ1) is 20.3. The van der Waals surface area contributed by atoms with Crippen molar-refractivity contribution in [3.63, 3.8) is 0 Å². The summed E-state index contributed by atoms with van der Waals surface area (Å²) < 4.78 is 11.0. The quantitative estimate of drug-likeness (QED) is 0.761. The second-order valence-corrected chi connectivity index (χ2v) is 7.80. The molecule has 2 amide bonds. The highest BCUT2D eigenvalue weighted by atomic mass is 16.5. The number of benzene rings is 2. The van der Waals surface area contributed by atoms with Gasteiger partial charge in [0.15, 0.2) is 0 Å². The molecule has 0 radical (unpaired) electrons. The van der Waals surface area contributed by atoms with Crippen LogP contribution in [-0.2, 0) is 22.6 Å². The summed E-state index contributed by atoms with van der Waals surface area (Å²) in [6.07, 6.45) is 2.07. The van der Waals surface area contributed by atoms with E-state index in [0.29, 0.717) is 32.0 Å². The van der Waals surface area contributed by atoms with Gasteiger partial charge in [-0.25, -0.2) is 0 Å². The molecular formula is C24H28N2O4. The topological polar surface area (TPSA) is 59.1 Å². The number of ether oxygens (including phenoxy) is 2. The molecule has 2 heterocycles. The number of rotatable bonds is 5. The number of amides is 2. The summed E-state index contributed by atoms with van der Waals surface area (Å²) in [5, 5.41) is 0. The summed E-state index contributed by atoms with van der Waals surface area (Å²) >= 11 is 0. The van der Waals surface area contributed by atoms with Gasteiger partial charge in [-0.2, -0.15) is 0 Å². The van der Waals surface area contributed by atoms with Gasteiger partial charge in [-0.15, -0.1) is 0 Å². The van der Waals surface area contributed by atoms with Crippen LogP contribution in [0.5, 0.6) is 11.5 Å². The molecule has 1 saturated heterocycles. The molecule has 6 nitrogen and oxygen atoms in total. The molecule has 0 N–H and O–H groups in total. The molecule has 2 aliphatic rings. The number of hydrogen-bond acceptors (Lipinski definition) is 4. The van der Waals surface area contributed by atoms with E-state index >= 15 is 0 Å². The zero-order chi connectivity index (χ0) is 21.1. The van der Waals surface area contributed by atoms with Crippen LogP contribution in [0.2, 0.25) is 0 Å². The molecule has 2 aromatic rings. The van der Waals surface area contributed by atoms with Gasteiger partial charge in [0.05, 0.1) is 25.3 Å². The number of hydrogen-bond donors (Lipinski definition) is 0. The maximum absolute atomic E-state index is 13.3. The minimum atomic E-state index is -0.327. The molecule has 2 aliphatic heterocycles. The van der Waals surface area contributed by atoms with Gasteiger partial charge < -0.3 is 19.3 Å². The first-order valence-corrected chi connectivity index (χ1v) is 10.6. The van der Waals surface area contributed by atoms with Crippen LogP contribution in [0.15, 0.2) is 42.5 Å². The molecule has 1 atom stereocenters. The Morgan fingerprint density at radius 1 is 1.17 bits per heavy atom. The van der Waals surface area contributed by atoms with Gasteiger partial charge in [0, 0.05) is 26.1 Å².